The maximum atomic E-state index is 6.30. The molecule has 19 heavy (non-hydrogen) atoms. The number of hydrogen-bond donors (Lipinski definition) is 1. The van der Waals surface area contributed by atoms with Crippen LogP contribution >= 0.6 is 11.6 Å². The summed E-state index contributed by atoms with van der Waals surface area (Å²) in [5.41, 5.74) is 1.11. The van der Waals surface area contributed by atoms with Gasteiger partial charge in [0.05, 0.1) is 18.2 Å². The van der Waals surface area contributed by atoms with Crippen molar-refractivity contribution in [1.82, 2.24) is 5.32 Å². The minimum Gasteiger partial charge on any atom is -0.490 e. The lowest BCUT2D eigenvalue weighted by Gasteiger charge is -2.15. The number of nitrogens with one attached hydrogen (secondary N) is 1. The second-order valence-corrected chi connectivity index (χ2v) is 4.73. The van der Waals surface area contributed by atoms with Crippen LogP contribution in [0.1, 0.15) is 39.2 Å². The number of ether oxygens (including phenoxy) is 2. The third-order valence-corrected chi connectivity index (χ3v) is 2.97. The van der Waals surface area contributed by atoms with E-state index >= 15 is 0 Å². The fourth-order valence-corrected chi connectivity index (χ4v) is 2.00. The zero-order valence-electron chi connectivity index (χ0n) is 12.1. The van der Waals surface area contributed by atoms with Crippen molar-refractivity contribution in [3.8, 4) is 11.5 Å². The largest absolute Gasteiger partial charge is 0.490 e. The van der Waals surface area contributed by atoms with Gasteiger partial charge in [-0.25, -0.2) is 0 Å². The highest BCUT2D eigenvalue weighted by Crippen LogP contribution is 2.36. The molecule has 4 heteroatoms. The molecule has 0 aliphatic heterocycles. The Morgan fingerprint density at radius 3 is 2.58 bits per heavy atom. The predicted octanol–water partition coefficient (Wildman–Crippen LogP) is 4.03. The third kappa shape index (κ3) is 5.29. The fourth-order valence-electron chi connectivity index (χ4n) is 1.71. The van der Waals surface area contributed by atoms with E-state index in [4.69, 9.17) is 21.1 Å². The standard InChI is InChI=1S/C15H24ClNO2/c1-4-7-8-19-15-13(16)9-12(11-17-5-2)10-14(15)18-6-3/h9-10,17H,4-8,11H2,1-3H3. The summed E-state index contributed by atoms with van der Waals surface area (Å²) in [7, 11) is 0. The van der Waals surface area contributed by atoms with E-state index in [0.717, 1.165) is 37.2 Å². The summed E-state index contributed by atoms with van der Waals surface area (Å²) < 4.78 is 11.4. The molecule has 0 bridgehead atoms. The third-order valence-electron chi connectivity index (χ3n) is 2.69. The van der Waals surface area contributed by atoms with E-state index in [1.54, 1.807) is 0 Å². The second kappa shape index (κ2) is 9.05. The summed E-state index contributed by atoms with van der Waals surface area (Å²) in [4.78, 5) is 0. The Kier molecular flexibility index (Phi) is 7.68. The van der Waals surface area contributed by atoms with Crippen molar-refractivity contribution >= 4 is 11.6 Å². The van der Waals surface area contributed by atoms with Crippen LogP contribution in [0.2, 0.25) is 5.02 Å². The molecule has 0 atom stereocenters. The van der Waals surface area contributed by atoms with Crippen molar-refractivity contribution in [2.24, 2.45) is 0 Å². The smallest absolute Gasteiger partial charge is 0.179 e. The van der Waals surface area contributed by atoms with E-state index in [1.807, 2.05) is 19.1 Å². The molecule has 0 aromatic heterocycles. The molecular formula is C15H24ClNO2. The fraction of sp³-hybridized carbons (Fsp3) is 0.600. The Labute approximate surface area is 121 Å². The van der Waals surface area contributed by atoms with Gasteiger partial charge in [0.15, 0.2) is 11.5 Å². The molecule has 0 unspecified atom stereocenters. The minimum absolute atomic E-state index is 0.602. The van der Waals surface area contributed by atoms with E-state index in [2.05, 4.69) is 19.2 Å². The van der Waals surface area contributed by atoms with Crippen molar-refractivity contribution in [2.75, 3.05) is 19.8 Å². The van der Waals surface area contributed by atoms with Gasteiger partial charge in [-0.15, -0.1) is 0 Å². The maximum absolute atomic E-state index is 6.30. The van der Waals surface area contributed by atoms with Gasteiger partial charge < -0.3 is 14.8 Å². The van der Waals surface area contributed by atoms with E-state index in [1.165, 1.54) is 0 Å². The molecule has 1 aromatic carbocycles. The SMILES string of the molecule is CCCCOc1c(Cl)cc(CNCC)cc1OCC. The van der Waals surface area contributed by atoms with Crippen LogP contribution in [0.5, 0.6) is 11.5 Å². The molecule has 0 amide bonds. The number of halogens is 1. The molecule has 1 N–H and O–H groups in total. The lowest BCUT2D eigenvalue weighted by Crippen LogP contribution is -2.12. The molecule has 0 aliphatic rings. The van der Waals surface area contributed by atoms with Crippen LogP contribution in [0.15, 0.2) is 12.1 Å². The summed E-state index contributed by atoms with van der Waals surface area (Å²) in [5.74, 6) is 1.40. The molecule has 0 aliphatic carbocycles. The molecule has 1 rings (SSSR count). The van der Waals surface area contributed by atoms with Crippen molar-refractivity contribution in [3.05, 3.63) is 22.7 Å². The first-order valence-electron chi connectivity index (χ1n) is 7.01. The van der Waals surface area contributed by atoms with Crippen LogP contribution in [0, 0.1) is 0 Å². The minimum atomic E-state index is 0.602. The van der Waals surface area contributed by atoms with Gasteiger partial charge in [-0.05, 0) is 37.6 Å². The molecule has 1 aromatic rings. The first kappa shape index (κ1) is 16.1. The summed E-state index contributed by atoms with van der Waals surface area (Å²) in [5, 5.41) is 3.90. The molecule has 0 fully saturated rings. The van der Waals surface area contributed by atoms with Crippen LogP contribution in [0.3, 0.4) is 0 Å². The molecule has 0 saturated carbocycles. The molecule has 3 nitrogen and oxygen atoms in total. The van der Waals surface area contributed by atoms with Gasteiger partial charge in [-0.2, -0.15) is 0 Å². The molecule has 0 radical (unpaired) electrons. The monoisotopic (exact) mass is 285 g/mol. The number of unbranched alkanes of at least 4 members (excludes halogenated alkanes) is 1. The van der Waals surface area contributed by atoms with Crippen molar-refractivity contribution in [2.45, 2.75) is 40.2 Å². The van der Waals surface area contributed by atoms with E-state index < -0.39 is 0 Å². The van der Waals surface area contributed by atoms with Gasteiger partial charge in [0, 0.05) is 6.54 Å². The van der Waals surface area contributed by atoms with Crippen LogP contribution in [0.25, 0.3) is 0 Å². The first-order valence-corrected chi connectivity index (χ1v) is 7.39. The lowest BCUT2D eigenvalue weighted by molar-refractivity contribution is 0.272. The van der Waals surface area contributed by atoms with Crippen LogP contribution in [0.4, 0.5) is 0 Å². The molecule has 108 valence electrons. The Morgan fingerprint density at radius 2 is 1.95 bits per heavy atom. The summed E-state index contributed by atoms with van der Waals surface area (Å²) in [6.45, 7) is 9.15. The zero-order valence-corrected chi connectivity index (χ0v) is 12.8. The number of rotatable bonds is 9. The van der Waals surface area contributed by atoms with Gasteiger partial charge in [0.1, 0.15) is 0 Å². The van der Waals surface area contributed by atoms with Crippen molar-refractivity contribution < 1.29 is 9.47 Å². The topological polar surface area (TPSA) is 30.5 Å². The van der Waals surface area contributed by atoms with Crippen LogP contribution in [-0.4, -0.2) is 19.8 Å². The highest BCUT2D eigenvalue weighted by atomic mass is 35.5. The van der Waals surface area contributed by atoms with E-state index in [9.17, 15) is 0 Å². The zero-order chi connectivity index (χ0) is 14.1. The summed E-state index contributed by atoms with van der Waals surface area (Å²) in [6, 6.07) is 3.94. The average molecular weight is 286 g/mol. The van der Waals surface area contributed by atoms with Gasteiger partial charge >= 0.3 is 0 Å². The predicted molar refractivity (Wildman–Crippen MR) is 80.4 cm³/mol. The van der Waals surface area contributed by atoms with E-state index in [-0.39, 0.29) is 0 Å². The normalized spacial score (nSPS) is 10.5. The average Bonchev–Trinajstić information content (AvgIpc) is 2.40. The Bertz CT molecular complexity index is 383. The second-order valence-electron chi connectivity index (χ2n) is 4.32. The maximum Gasteiger partial charge on any atom is 0.179 e. The molecular weight excluding hydrogens is 262 g/mol. The highest BCUT2D eigenvalue weighted by Gasteiger charge is 2.12. The van der Waals surface area contributed by atoms with Crippen molar-refractivity contribution in [1.29, 1.82) is 0 Å². The number of benzene rings is 1. The summed E-state index contributed by atoms with van der Waals surface area (Å²) >= 11 is 6.30. The van der Waals surface area contributed by atoms with Gasteiger partial charge in [-0.3, -0.25) is 0 Å². The van der Waals surface area contributed by atoms with E-state index in [0.29, 0.717) is 24.0 Å². The summed E-state index contributed by atoms with van der Waals surface area (Å²) in [6.07, 6.45) is 2.11. The van der Waals surface area contributed by atoms with Crippen LogP contribution < -0.4 is 14.8 Å². The Hall–Kier alpha value is -0.930. The van der Waals surface area contributed by atoms with Gasteiger partial charge in [0.25, 0.3) is 0 Å². The van der Waals surface area contributed by atoms with Crippen LogP contribution in [-0.2, 0) is 6.54 Å². The Balaban J connectivity index is 2.87. The Morgan fingerprint density at radius 1 is 1.16 bits per heavy atom. The quantitative estimate of drug-likeness (QED) is 0.695. The van der Waals surface area contributed by atoms with Gasteiger partial charge in [-0.1, -0.05) is 31.9 Å². The lowest BCUT2D eigenvalue weighted by atomic mass is 10.2. The first-order chi connectivity index (χ1) is 9.22. The highest BCUT2D eigenvalue weighted by molar-refractivity contribution is 6.32. The number of hydrogen-bond acceptors (Lipinski definition) is 3. The molecule has 0 heterocycles. The molecule has 0 saturated heterocycles. The van der Waals surface area contributed by atoms with Crippen molar-refractivity contribution in [3.63, 3.8) is 0 Å². The van der Waals surface area contributed by atoms with Gasteiger partial charge in [0.2, 0.25) is 0 Å². The molecule has 0 spiro atoms.